The van der Waals surface area contributed by atoms with Crippen molar-refractivity contribution >= 4 is 65.0 Å². The van der Waals surface area contributed by atoms with Crippen molar-refractivity contribution in [3.8, 4) is 0 Å². The van der Waals surface area contributed by atoms with E-state index in [2.05, 4.69) is 31.8 Å². The smallest absolute Gasteiger partial charge is 0.280 e. The van der Waals surface area contributed by atoms with Gasteiger partial charge in [-0.3, -0.25) is 25.8 Å². The van der Waals surface area contributed by atoms with Crippen LogP contribution in [0.2, 0.25) is 10.0 Å². The quantitative estimate of drug-likeness (QED) is 0.486. The second-order valence-corrected chi connectivity index (χ2v) is 10.5. The molecule has 63 valence electrons. The SMILES string of the molecule is Fc1c(Cl)c[c]cc1Cl.[Br][Mg][Br]. The summed E-state index contributed by atoms with van der Waals surface area (Å²) in [6.45, 7) is 0. The van der Waals surface area contributed by atoms with E-state index in [1.807, 2.05) is 0 Å². The molecule has 0 heterocycles. The minimum Gasteiger partial charge on any atom is -0.280 e. The van der Waals surface area contributed by atoms with Crippen molar-refractivity contribution < 1.29 is 4.39 Å². The first-order valence-corrected chi connectivity index (χ1v) is 11.3. The molecule has 0 nitrogen and oxygen atoms in total. The standard InChI is InChI=1S/C6H2Cl2F.2BrH.Mg/c7-4-2-1-3-5(8)6(4)9;;;/h2-3H;2*1H;/q;;;+2/p-2. The van der Waals surface area contributed by atoms with Gasteiger partial charge in [-0.05, 0) is 18.2 Å². The predicted molar refractivity (Wildman–Crippen MR) is 58.9 cm³/mol. The minimum atomic E-state index is -0.586. The van der Waals surface area contributed by atoms with E-state index in [9.17, 15) is 4.39 Å². The molecule has 0 bridgehead atoms. The lowest BCUT2D eigenvalue weighted by atomic mass is 10.3. The van der Waals surface area contributed by atoms with Crippen LogP contribution in [0.5, 0.6) is 0 Å². The first-order valence-electron chi connectivity index (χ1n) is 2.76. The molecule has 1 aromatic rings. The maximum Gasteiger partial charge on any atom is 0.560 e. The Balaban J connectivity index is 0.000000354. The Morgan fingerprint density at radius 1 is 1.25 bits per heavy atom. The van der Waals surface area contributed by atoms with Crippen LogP contribution in [0.15, 0.2) is 12.1 Å². The van der Waals surface area contributed by atoms with E-state index in [1.54, 1.807) is 0 Å². The molecule has 0 fully saturated rings. The molecule has 0 spiro atoms. The average Bonchev–Trinajstić information content (AvgIpc) is 2.02. The third-order valence-corrected chi connectivity index (χ3v) is 1.39. The summed E-state index contributed by atoms with van der Waals surface area (Å²) < 4.78 is 12.4. The summed E-state index contributed by atoms with van der Waals surface area (Å²) >= 11 is 17.1. The van der Waals surface area contributed by atoms with Gasteiger partial charge in [0.1, 0.15) is 0 Å². The summed E-state index contributed by atoms with van der Waals surface area (Å²) in [6.07, 6.45) is 0. The molecule has 1 rings (SSSR count). The van der Waals surface area contributed by atoms with Gasteiger partial charge in [-0.1, -0.05) is 23.2 Å². The molecule has 0 N–H and O–H groups in total. The fraction of sp³-hybridized carbons (Fsp3) is 0. The van der Waals surface area contributed by atoms with Crippen LogP contribution >= 0.6 is 49.0 Å². The van der Waals surface area contributed by atoms with Crippen molar-refractivity contribution in [1.29, 1.82) is 0 Å². The second-order valence-electron chi connectivity index (χ2n) is 1.57. The third-order valence-electron chi connectivity index (χ3n) is 0.839. The predicted octanol–water partition coefficient (Wildman–Crippen LogP) is 4.24. The molecular weight excluding hydrogens is 346 g/mol. The highest BCUT2D eigenvalue weighted by Crippen LogP contribution is 2.20. The second kappa shape index (κ2) is 7.82. The summed E-state index contributed by atoms with van der Waals surface area (Å²) in [5.74, 6) is -0.586. The molecule has 0 aliphatic rings. The van der Waals surface area contributed by atoms with Crippen LogP contribution in [-0.2, 0) is 0 Å². The molecule has 1 radical (unpaired) electrons. The van der Waals surface area contributed by atoms with E-state index in [4.69, 9.17) is 23.2 Å². The summed E-state index contributed by atoms with van der Waals surface area (Å²) in [4.78, 5) is 0. The van der Waals surface area contributed by atoms with Gasteiger partial charge in [-0.15, -0.1) is 0 Å². The Morgan fingerprint density at radius 3 is 1.83 bits per heavy atom. The molecule has 0 unspecified atom stereocenters. The normalized spacial score (nSPS) is 8.08. The molecule has 0 saturated heterocycles. The summed E-state index contributed by atoms with van der Waals surface area (Å²) in [7, 11) is 0. The minimum absolute atomic E-state index is 0.00231. The number of hydrogen-bond acceptors (Lipinski definition) is 0. The van der Waals surface area contributed by atoms with Crippen LogP contribution in [-0.4, -0.2) is 16.0 Å². The van der Waals surface area contributed by atoms with Crippen molar-refractivity contribution in [3.05, 3.63) is 34.1 Å². The van der Waals surface area contributed by atoms with Crippen molar-refractivity contribution in [2.75, 3.05) is 0 Å². The Morgan fingerprint density at radius 2 is 1.58 bits per heavy atom. The van der Waals surface area contributed by atoms with Crippen molar-refractivity contribution in [3.63, 3.8) is 0 Å². The largest absolute Gasteiger partial charge is 0.560 e. The highest BCUT2D eigenvalue weighted by Gasteiger charge is 2.01. The van der Waals surface area contributed by atoms with E-state index in [0.717, 1.165) is 0 Å². The third kappa shape index (κ3) is 5.24. The molecule has 6 heteroatoms. The van der Waals surface area contributed by atoms with Gasteiger partial charge in [0.05, 0.1) is 10.0 Å². The molecule has 0 aromatic heterocycles. The van der Waals surface area contributed by atoms with E-state index >= 15 is 0 Å². The Bertz CT molecular complexity index is 227. The van der Waals surface area contributed by atoms with E-state index in [-0.39, 0.29) is 26.1 Å². The van der Waals surface area contributed by atoms with Gasteiger partial charge in [-0.2, -0.15) is 0 Å². The van der Waals surface area contributed by atoms with Crippen LogP contribution < -0.4 is 0 Å². The van der Waals surface area contributed by atoms with Crippen molar-refractivity contribution in [2.45, 2.75) is 0 Å². The Labute approximate surface area is 102 Å². The van der Waals surface area contributed by atoms with Crippen LogP contribution in [0, 0.1) is 11.9 Å². The fourth-order valence-corrected chi connectivity index (χ4v) is 0.807. The number of halogens is 5. The molecule has 0 aliphatic carbocycles. The molecule has 0 saturated carbocycles. The lowest BCUT2D eigenvalue weighted by molar-refractivity contribution is 0.628. The van der Waals surface area contributed by atoms with Gasteiger partial charge in [0.15, 0.2) is 5.82 Å². The van der Waals surface area contributed by atoms with Gasteiger partial charge < -0.3 is 0 Å². The van der Waals surface area contributed by atoms with Gasteiger partial charge in [0.2, 0.25) is 0 Å². The maximum atomic E-state index is 12.4. The molecule has 0 amide bonds. The Kier molecular flexibility index (Phi) is 8.77. The van der Waals surface area contributed by atoms with E-state index in [1.165, 1.54) is 12.1 Å². The zero-order valence-electron chi connectivity index (χ0n) is 5.75. The van der Waals surface area contributed by atoms with Gasteiger partial charge >= 0.3 is 16.0 Å². The molecule has 0 atom stereocenters. The number of hydrogen-bond donors (Lipinski definition) is 0. The fourth-order valence-electron chi connectivity index (χ4n) is 0.429. The van der Waals surface area contributed by atoms with Crippen molar-refractivity contribution in [2.24, 2.45) is 0 Å². The zero-order chi connectivity index (χ0) is 9.56. The topological polar surface area (TPSA) is 0 Å². The summed E-state index contributed by atoms with van der Waals surface area (Å²) in [5.41, 5.74) is 0. The molecule has 1 aromatic carbocycles. The van der Waals surface area contributed by atoms with Crippen LogP contribution in [0.3, 0.4) is 0 Å². The summed E-state index contributed by atoms with van der Waals surface area (Å²) in [6, 6.07) is 5.21. The first kappa shape index (κ1) is 13.5. The molecule has 12 heavy (non-hydrogen) atoms. The van der Waals surface area contributed by atoms with E-state index < -0.39 is 5.82 Å². The van der Waals surface area contributed by atoms with Crippen LogP contribution in [0.25, 0.3) is 0 Å². The summed E-state index contributed by atoms with van der Waals surface area (Å²) in [5, 5.41) is 0.00463. The first-order chi connectivity index (χ1) is 5.63. The van der Waals surface area contributed by atoms with Gasteiger partial charge in [0.25, 0.3) is 0 Å². The van der Waals surface area contributed by atoms with Gasteiger partial charge in [-0.25, -0.2) is 4.39 Å². The van der Waals surface area contributed by atoms with Crippen LogP contribution in [0.4, 0.5) is 4.39 Å². The number of benzene rings is 1. The van der Waals surface area contributed by atoms with E-state index in [0.29, 0.717) is 0 Å². The zero-order valence-corrected chi connectivity index (χ0v) is 11.8. The van der Waals surface area contributed by atoms with Crippen molar-refractivity contribution in [1.82, 2.24) is 0 Å². The lowest BCUT2D eigenvalue weighted by Gasteiger charge is -1.92. The Hall–Kier alpha value is 1.46. The van der Waals surface area contributed by atoms with Gasteiger partial charge in [0, 0.05) is 0 Å². The lowest BCUT2D eigenvalue weighted by Crippen LogP contribution is -1.75. The monoisotopic (exact) mass is 345 g/mol. The maximum absolute atomic E-state index is 12.4. The highest BCUT2D eigenvalue weighted by atomic mass is 79.9. The average molecular weight is 348 g/mol. The highest BCUT2D eigenvalue weighted by molar-refractivity contribution is 9.47. The molecule has 0 aliphatic heterocycles. The van der Waals surface area contributed by atoms with Crippen LogP contribution in [0.1, 0.15) is 0 Å². The number of rotatable bonds is 0. The molecular formula is C6H2Br2Cl2FMg.